The molecule has 0 saturated heterocycles. The third-order valence-corrected chi connectivity index (χ3v) is 5.03. The molecule has 0 aliphatic rings. The molecular formula is C26H25N3O3. The molecule has 6 nitrogen and oxygen atoms in total. The third kappa shape index (κ3) is 4.81. The number of benzene rings is 3. The van der Waals surface area contributed by atoms with Gasteiger partial charge in [0.1, 0.15) is 17.3 Å². The molecule has 6 heteroatoms. The van der Waals surface area contributed by atoms with Gasteiger partial charge in [-0.25, -0.2) is 4.68 Å². The number of anilines is 1. The Bertz CT molecular complexity index is 1160. The molecule has 4 rings (SSSR count). The second kappa shape index (κ2) is 9.83. The molecule has 1 unspecified atom stereocenters. The lowest BCUT2D eigenvalue weighted by Gasteiger charge is -2.17. The quantitative estimate of drug-likeness (QED) is 0.412. The second-order valence-corrected chi connectivity index (χ2v) is 7.21. The normalized spacial score (nSPS) is 11.6. The first kappa shape index (κ1) is 21.2. The molecule has 0 fully saturated rings. The number of aromatic nitrogens is 2. The van der Waals surface area contributed by atoms with Gasteiger partial charge in [-0.2, -0.15) is 5.10 Å². The molecule has 0 radical (unpaired) electrons. The summed E-state index contributed by atoms with van der Waals surface area (Å²) < 4.78 is 12.9. The summed E-state index contributed by atoms with van der Waals surface area (Å²) in [5, 5.41) is 7.75. The average Bonchev–Trinajstić information content (AvgIpc) is 3.27. The minimum atomic E-state index is -0.624. The lowest BCUT2D eigenvalue weighted by atomic mass is 10.1. The highest BCUT2D eigenvalue weighted by Crippen LogP contribution is 2.27. The number of ether oxygens (including phenoxy) is 2. The van der Waals surface area contributed by atoms with E-state index in [-0.39, 0.29) is 5.91 Å². The van der Waals surface area contributed by atoms with E-state index >= 15 is 0 Å². The van der Waals surface area contributed by atoms with Crippen molar-refractivity contribution in [3.8, 4) is 28.4 Å². The Morgan fingerprint density at radius 2 is 1.59 bits per heavy atom. The van der Waals surface area contributed by atoms with Gasteiger partial charge in [-0.1, -0.05) is 43.3 Å². The van der Waals surface area contributed by atoms with E-state index in [1.54, 1.807) is 11.8 Å². The van der Waals surface area contributed by atoms with Crippen LogP contribution < -0.4 is 14.8 Å². The van der Waals surface area contributed by atoms with E-state index < -0.39 is 6.10 Å². The Kier molecular flexibility index (Phi) is 6.51. The average molecular weight is 428 g/mol. The van der Waals surface area contributed by atoms with Crippen molar-refractivity contribution in [2.24, 2.45) is 0 Å². The molecule has 0 spiro atoms. The Morgan fingerprint density at radius 1 is 0.938 bits per heavy atom. The van der Waals surface area contributed by atoms with Crippen molar-refractivity contribution in [1.82, 2.24) is 9.78 Å². The van der Waals surface area contributed by atoms with Crippen LogP contribution in [0.2, 0.25) is 0 Å². The molecule has 3 aromatic carbocycles. The van der Waals surface area contributed by atoms with Crippen LogP contribution in [0.5, 0.6) is 11.5 Å². The van der Waals surface area contributed by atoms with Crippen molar-refractivity contribution in [2.45, 2.75) is 19.4 Å². The number of para-hydroxylation sites is 2. The molecule has 1 N–H and O–H groups in total. The van der Waals surface area contributed by atoms with Crippen LogP contribution in [0.1, 0.15) is 13.3 Å². The SMILES string of the molecule is CCC(Oc1ccccc1)C(=O)Nc1cc(-c2ccc(OC)cc2)nn1-c1ccccc1. The lowest BCUT2D eigenvalue weighted by molar-refractivity contribution is -0.122. The molecule has 0 aliphatic carbocycles. The fourth-order valence-corrected chi connectivity index (χ4v) is 3.33. The topological polar surface area (TPSA) is 65.4 Å². The molecule has 32 heavy (non-hydrogen) atoms. The smallest absolute Gasteiger partial charge is 0.266 e. The molecule has 4 aromatic rings. The summed E-state index contributed by atoms with van der Waals surface area (Å²) in [6.07, 6.45) is -0.0908. The number of nitrogens with zero attached hydrogens (tertiary/aromatic N) is 2. The molecule has 1 heterocycles. The van der Waals surface area contributed by atoms with Crippen LogP contribution >= 0.6 is 0 Å². The molecule has 1 amide bonds. The zero-order chi connectivity index (χ0) is 22.3. The predicted octanol–water partition coefficient (Wildman–Crippen LogP) is 5.34. The Labute approximate surface area is 187 Å². The van der Waals surface area contributed by atoms with E-state index in [2.05, 4.69) is 5.32 Å². The molecule has 0 saturated carbocycles. The first-order valence-corrected chi connectivity index (χ1v) is 10.5. The van der Waals surface area contributed by atoms with Crippen LogP contribution in [0.15, 0.2) is 91.0 Å². The summed E-state index contributed by atoms with van der Waals surface area (Å²) in [5.74, 6) is 1.77. The van der Waals surface area contributed by atoms with E-state index in [0.717, 1.165) is 22.7 Å². The van der Waals surface area contributed by atoms with Gasteiger partial charge in [-0.05, 0) is 55.0 Å². The lowest BCUT2D eigenvalue weighted by Crippen LogP contribution is -2.33. The van der Waals surface area contributed by atoms with Gasteiger partial charge in [0, 0.05) is 11.6 Å². The molecule has 0 aliphatic heterocycles. The summed E-state index contributed by atoms with van der Waals surface area (Å²) in [6, 6.07) is 28.6. The highest BCUT2D eigenvalue weighted by Gasteiger charge is 2.21. The van der Waals surface area contributed by atoms with Crippen LogP contribution in [-0.2, 0) is 4.79 Å². The third-order valence-electron chi connectivity index (χ3n) is 5.03. The van der Waals surface area contributed by atoms with Crippen molar-refractivity contribution < 1.29 is 14.3 Å². The molecule has 1 aromatic heterocycles. The number of carbonyl (C=O) groups excluding carboxylic acids is 1. The number of hydrogen-bond donors (Lipinski definition) is 1. The van der Waals surface area contributed by atoms with Gasteiger partial charge in [0.25, 0.3) is 5.91 Å². The summed E-state index contributed by atoms with van der Waals surface area (Å²) in [7, 11) is 1.63. The summed E-state index contributed by atoms with van der Waals surface area (Å²) in [4.78, 5) is 13.1. The standard InChI is InChI=1S/C26H25N3O3/c1-3-24(32-22-12-8-5-9-13-22)26(30)27-25-18-23(19-14-16-21(31-2)17-15-19)28-29(25)20-10-6-4-7-11-20/h4-18,24H,3H2,1-2H3,(H,27,30). The maximum absolute atomic E-state index is 13.1. The van der Waals surface area contributed by atoms with Gasteiger partial charge in [-0.15, -0.1) is 0 Å². The van der Waals surface area contributed by atoms with Crippen molar-refractivity contribution >= 4 is 11.7 Å². The van der Waals surface area contributed by atoms with Gasteiger partial charge in [0.2, 0.25) is 0 Å². The van der Waals surface area contributed by atoms with Crippen LogP contribution in [0.4, 0.5) is 5.82 Å². The maximum atomic E-state index is 13.1. The fourth-order valence-electron chi connectivity index (χ4n) is 3.33. The predicted molar refractivity (Wildman–Crippen MR) is 125 cm³/mol. The number of hydrogen-bond acceptors (Lipinski definition) is 4. The highest BCUT2D eigenvalue weighted by atomic mass is 16.5. The molecule has 1 atom stereocenters. The fraction of sp³-hybridized carbons (Fsp3) is 0.154. The summed E-state index contributed by atoms with van der Waals surface area (Å²) >= 11 is 0. The number of methoxy groups -OCH3 is 1. The largest absolute Gasteiger partial charge is 0.497 e. The van der Waals surface area contributed by atoms with E-state index in [9.17, 15) is 4.79 Å². The number of carbonyl (C=O) groups is 1. The summed E-state index contributed by atoms with van der Waals surface area (Å²) in [5.41, 5.74) is 2.51. The molecule has 162 valence electrons. The van der Waals surface area contributed by atoms with Gasteiger partial charge in [0.05, 0.1) is 18.5 Å². The monoisotopic (exact) mass is 427 g/mol. The Hall–Kier alpha value is -4.06. The van der Waals surface area contributed by atoms with Crippen LogP contribution in [-0.4, -0.2) is 28.9 Å². The van der Waals surface area contributed by atoms with Crippen LogP contribution in [0, 0.1) is 0 Å². The number of amides is 1. The minimum absolute atomic E-state index is 0.227. The van der Waals surface area contributed by atoms with Crippen LogP contribution in [0.25, 0.3) is 16.9 Å². The highest BCUT2D eigenvalue weighted by molar-refractivity contribution is 5.94. The molecular weight excluding hydrogens is 402 g/mol. The molecule has 0 bridgehead atoms. The van der Waals surface area contributed by atoms with Gasteiger partial charge in [-0.3, -0.25) is 4.79 Å². The van der Waals surface area contributed by atoms with Gasteiger partial charge in [0.15, 0.2) is 6.10 Å². The van der Waals surface area contributed by atoms with E-state index in [4.69, 9.17) is 14.6 Å². The van der Waals surface area contributed by atoms with Crippen LogP contribution in [0.3, 0.4) is 0 Å². The Morgan fingerprint density at radius 3 is 2.22 bits per heavy atom. The zero-order valence-corrected chi connectivity index (χ0v) is 18.1. The first-order valence-electron chi connectivity index (χ1n) is 10.5. The summed E-state index contributed by atoms with van der Waals surface area (Å²) in [6.45, 7) is 1.92. The van der Waals surface area contributed by atoms with Gasteiger partial charge < -0.3 is 14.8 Å². The van der Waals surface area contributed by atoms with Crippen molar-refractivity contribution in [2.75, 3.05) is 12.4 Å². The first-order chi connectivity index (χ1) is 15.7. The van der Waals surface area contributed by atoms with E-state index in [0.29, 0.717) is 18.0 Å². The van der Waals surface area contributed by atoms with E-state index in [1.165, 1.54) is 0 Å². The minimum Gasteiger partial charge on any atom is -0.497 e. The maximum Gasteiger partial charge on any atom is 0.266 e. The van der Waals surface area contributed by atoms with Crippen molar-refractivity contribution in [3.63, 3.8) is 0 Å². The zero-order valence-electron chi connectivity index (χ0n) is 18.1. The van der Waals surface area contributed by atoms with Gasteiger partial charge >= 0.3 is 0 Å². The Balaban J connectivity index is 1.63. The number of nitrogens with one attached hydrogen (secondary N) is 1. The van der Waals surface area contributed by atoms with Crippen molar-refractivity contribution in [3.05, 3.63) is 91.0 Å². The van der Waals surface area contributed by atoms with Crippen molar-refractivity contribution in [1.29, 1.82) is 0 Å². The second-order valence-electron chi connectivity index (χ2n) is 7.21. The number of rotatable bonds is 8. The van der Waals surface area contributed by atoms with E-state index in [1.807, 2.05) is 97.9 Å².